The van der Waals surface area contributed by atoms with Gasteiger partial charge in [-0.25, -0.2) is 9.37 Å². The monoisotopic (exact) mass is 560 g/mol. The second-order valence-corrected chi connectivity index (χ2v) is 9.28. The highest BCUT2D eigenvalue weighted by Gasteiger charge is 2.25. The van der Waals surface area contributed by atoms with Crippen LogP contribution in [0.3, 0.4) is 0 Å². The molecule has 13 heteroatoms. The molecular weight excluding hydrogens is 539 g/mol. The van der Waals surface area contributed by atoms with Crippen LogP contribution in [0.4, 0.5) is 10.2 Å². The van der Waals surface area contributed by atoms with E-state index in [4.69, 9.17) is 26.1 Å². The Morgan fingerprint density at radius 3 is 2.75 bits per heavy atom. The van der Waals surface area contributed by atoms with Crippen LogP contribution in [0.2, 0.25) is 5.02 Å². The molecule has 40 heavy (non-hydrogen) atoms. The number of pyridine rings is 2. The molecule has 4 aromatic heterocycles. The largest absolute Gasteiger partial charge is 0.457 e. The molecule has 1 fully saturated rings. The van der Waals surface area contributed by atoms with E-state index in [0.717, 1.165) is 0 Å². The van der Waals surface area contributed by atoms with E-state index in [2.05, 4.69) is 31.7 Å². The standard InChI is InChI=1S/C27H22ClFN8O3/c1-2-21(38)36-9-11-37(12-10-36)25-17-6-8-31-26(40-24-18-14-32-35-20(18)13-19(29)22(24)28)23(17)33-27(34-25)39-15-16-5-3-4-7-30-16/h2-8,13-14H,1,9-12,15H2,(H,32,35). The van der Waals surface area contributed by atoms with Gasteiger partial charge in [0.1, 0.15) is 28.8 Å². The number of hydrogen-bond acceptors (Lipinski definition) is 9. The maximum absolute atomic E-state index is 14.6. The molecule has 0 radical (unpaired) electrons. The summed E-state index contributed by atoms with van der Waals surface area (Å²) in [6, 6.07) is 8.59. The lowest BCUT2D eigenvalue weighted by molar-refractivity contribution is -0.126. The average molecular weight is 561 g/mol. The molecule has 1 amide bonds. The molecule has 202 valence electrons. The van der Waals surface area contributed by atoms with E-state index < -0.39 is 5.82 Å². The van der Waals surface area contributed by atoms with Crippen molar-refractivity contribution in [3.05, 3.63) is 78.1 Å². The molecule has 0 saturated carbocycles. The van der Waals surface area contributed by atoms with Gasteiger partial charge >= 0.3 is 6.01 Å². The number of hydrogen-bond donors (Lipinski definition) is 1. The number of halogens is 2. The smallest absolute Gasteiger partial charge is 0.319 e. The van der Waals surface area contributed by atoms with E-state index in [1.807, 2.05) is 23.1 Å². The Kier molecular flexibility index (Phi) is 6.83. The molecule has 1 aliphatic heterocycles. The second-order valence-electron chi connectivity index (χ2n) is 8.90. The lowest BCUT2D eigenvalue weighted by Gasteiger charge is -2.35. The van der Waals surface area contributed by atoms with Gasteiger partial charge in [-0.3, -0.25) is 14.9 Å². The minimum Gasteiger partial charge on any atom is -0.457 e. The van der Waals surface area contributed by atoms with Crippen LogP contribution in [0.15, 0.2) is 61.6 Å². The number of aromatic nitrogens is 6. The lowest BCUT2D eigenvalue weighted by atomic mass is 10.2. The summed E-state index contributed by atoms with van der Waals surface area (Å²) in [6.45, 7) is 5.74. The molecule has 0 unspecified atom stereocenters. The topological polar surface area (TPSA) is 122 Å². The highest BCUT2D eigenvalue weighted by atomic mass is 35.5. The van der Waals surface area contributed by atoms with Crippen LogP contribution in [-0.2, 0) is 11.4 Å². The van der Waals surface area contributed by atoms with Crippen molar-refractivity contribution in [2.24, 2.45) is 0 Å². The number of aromatic amines is 1. The summed E-state index contributed by atoms with van der Waals surface area (Å²) >= 11 is 6.30. The second kappa shape index (κ2) is 10.7. The molecule has 0 spiro atoms. The van der Waals surface area contributed by atoms with Gasteiger partial charge in [0, 0.05) is 44.6 Å². The molecule has 1 N–H and O–H groups in total. The number of nitrogens with zero attached hydrogens (tertiary/aromatic N) is 7. The van der Waals surface area contributed by atoms with Crippen molar-refractivity contribution in [1.82, 2.24) is 35.0 Å². The van der Waals surface area contributed by atoms with Crippen molar-refractivity contribution in [3.63, 3.8) is 0 Å². The fourth-order valence-electron chi connectivity index (χ4n) is 4.47. The van der Waals surface area contributed by atoms with Gasteiger partial charge in [-0.15, -0.1) is 0 Å². The molecule has 0 atom stereocenters. The molecule has 1 saturated heterocycles. The summed E-state index contributed by atoms with van der Waals surface area (Å²) in [5, 5.41) is 7.59. The third-order valence-electron chi connectivity index (χ3n) is 6.47. The minimum absolute atomic E-state index is 0.0538. The lowest BCUT2D eigenvalue weighted by Crippen LogP contribution is -2.48. The molecule has 0 aliphatic carbocycles. The van der Waals surface area contributed by atoms with Crippen LogP contribution in [0.1, 0.15) is 5.69 Å². The molecule has 0 bridgehead atoms. The Balaban J connectivity index is 1.42. The van der Waals surface area contributed by atoms with Gasteiger partial charge < -0.3 is 19.3 Å². The number of anilines is 1. The van der Waals surface area contributed by atoms with Gasteiger partial charge in [-0.05, 0) is 24.3 Å². The summed E-state index contributed by atoms with van der Waals surface area (Å²) in [7, 11) is 0. The van der Waals surface area contributed by atoms with Gasteiger partial charge in [-0.1, -0.05) is 24.2 Å². The fraction of sp³-hybridized carbons (Fsp3) is 0.185. The molecule has 5 aromatic rings. The van der Waals surface area contributed by atoms with E-state index in [9.17, 15) is 9.18 Å². The Morgan fingerprint density at radius 2 is 1.98 bits per heavy atom. The van der Waals surface area contributed by atoms with Crippen LogP contribution >= 0.6 is 11.6 Å². The first-order valence-electron chi connectivity index (χ1n) is 12.4. The summed E-state index contributed by atoms with van der Waals surface area (Å²) in [4.78, 5) is 33.9. The summed E-state index contributed by atoms with van der Waals surface area (Å²) in [5.41, 5.74) is 1.45. The first-order valence-corrected chi connectivity index (χ1v) is 12.7. The van der Waals surface area contributed by atoms with Crippen molar-refractivity contribution in [3.8, 4) is 17.6 Å². The molecule has 6 rings (SSSR count). The van der Waals surface area contributed by atoms with E-state index in [0.29, 0.717) is 59.5 Å². The number of amides is 1. The number of nitrogens with one attached hydrogen (secondary N) is 1. The van der Waals surface area contributed by atoms with E-state index in [1.165, 1.54) is 18.3 Å². The van der Waals surface area contributed by atoms with Crippen LogP contribution < -0.4 is 14.4 Å². The third-order valence-corrected chi connectivity index (χ3v) is 6.83. The van der Waals surface area contributed by atoms with Crippen LogP contribution in [-0.4, -0.2) is 67.1 Å². The Bertz CT molecular complexity index is 1720. The zero-order chi connectivity index (χ0) is 27.6. The van der Waals surface area contributed by atoms with Crippen molar-refractivity contribution < 1.29 is 18.7 Å². The van der Waals surface area contributed by atoms with Crippen molar-refractivity contribution in [2.75, 3.05) is 31.1 Å². The van der Waals surface area contributed by atoms with E-state index >= 15 is 0 Å². The maximum Gasteiger partial charge on any atom is 0.319 e. The van der Waals surface area contributed by atoms with Gasteiger partial charge in [0.05, 0.1) is 28.2 Å². The van der Waals surface area contributed by atoms with Crippen molar-refractivity contribution >= 4 is 45.1 Å². The Labute approximate surface area is 232 Å². The van der Waals surface area contributed by atoms with Crippen LogP contribution in [0, 0.1) is 5.82 Å². The number of piperazine rings is 1. The zero-order valence-corrected chi connectivity index (χ0v) is 21.8. The number of ether oxygens (including phenoxy) is 2. The van der Waals surface area contributed by atoms with Crippen LogP contribution in [0.25, 0.3) is 21.8 Å². The number of benzene rings is 1. The fourth-order valence-corrected chi connectivity index (χ4v) is 4.66. The minimum atomic E-state index is -0.671. The van der Waals surface area contributed by atoms with Gasteiger partial charge in [0.25, 0.3) is 0 Å². The van der Waals surface area contributed by atoms with E-state index in [1.54, 1.807) is 23.4 Å². The predicted octanol–water partition coefficient (Wildman–Crippen LogP) is 4.29. The number of H-pyrrole nitrogens is 1. The molecule has 1 aliphatic rings. The number of fused-ring (bicyclic) bond motifs is 2. The Morgan fingerprint density at radius 1 is 1.12 bits per heavy atom. The molecule has 1 aromatic carbocycles. The average Bonchev–Trinajstić information content (AvgIpc) is 3.46. The molecule has 5 heterocycles. The predicted molar refractivity (Wildman–Crippen MR) is 146 cm³/mol. The number of carbonyl (C=O) groups is 1. The maximum atomic E-state index is 14.6. The third kappa shape index (κ3) is 4.84. The molecule has 11 nitrogen and oxygen atoms in total. The zero-order valence-electron chi connectivity index (χ0n) is 21.0. The Hall–Kier alpha value is -4.84. The van der Waals surface area contributed by atoms with Gasteiger partial charge in [0.15, 0.2) is 5.75 Å². The van der Waals surface area contributed by atoms with E-state index in [-0.39, 0.29) is 35.2 Å². The first kappa shape index (κ1) is 25.4. The SMILES string of the molecule is C=CC(=O)N1CCN(c2nc(OCc3ccccn3)nc3c(Oc4c(Cl)c(F)cc5[nH]ncc45)nccc23)CC1. The van der Waals surface area contributed by atoms with Crippen molar-refractivity contribution in [1.29, 1.82) is 0 Å². The van der Waals surface area contributed by atoms with Crippen LogP contribution in [0.5, 0.6) is 17.6 Å². The number of rotatable bonds is 7. The molecular formula is C27H22ClFN8O3. The quantitative estimate of drug-likeness (QED) is 0.290. The normalized spacial score (nSPS) is 13.6. The highest BCUT2D eigenvalue weighted by Crippen LogP contribution is 2.40. The highest BCUT2D eigenvalue weighted by molar-refractivity contribution is 6.33. The first-order chi connectivity index (χ1) is 19.5. The summed E-state index contributed by atoms with van der Waals surface area (Å²) in [6.07, 6.45) is 6.02. The summed E-state index contributed by atoms with van der Waals surface area (Å²) in [5.74, 6) is -0.0746. The van der Waals surface area contributed by atoms with Gasteiger partial charge in [0.2, 0.25) is 11.8 Å². The summed E-state index contributed by atoms with van der Waals surface area (Å²) < 4.78 is 26.6. The number of carbonyl (C=O) groups excluding carboxylic acids is 1. The van der Waals surface area contributed by atoms with Crippen molar-refractivity contribution in [2.45, 2.75) is 6.61 Å². The van der Waals surface area contributed by atoms with Gasteiger partial charge in [-0.2, -0.15) is 15.1 Å².